The van der Waals surface area contributed by atoms with E-state index in [1.54, 1.807) is 0 Å². The van der Waals surface area contributed by atoms with Gasteiger partial charge in [0.2, 0.25) is 17.7 Å². The first-order valence-corrected chi connectivity index (χ1v) is 9.80. The van der Waals surface area contributed by atoms with Crippen LogP contribution < -0.4 is 21.7 Å². The molecule has 0 fully saturated rings. The molecule has 10 N–H and O–H groups in total. The van der Waals surface area contributed by atoms with E-state index in [1.165, 1.54) is 12.5 Å². The molecule has 16 heteroatoms. The minimum Gasteiger partial charge on any atom is -0.481 e. The highest BCUT2D eigenvalue weighted by Crippen LogP contribution is 2.03. The number of rotatable bonds is 14. The van der Waals surface area contributed by atoms with Crippen LogP contribution in [0.1, 0.15) is 25.5 Å². The van der Waals surface area contributed by atoms with Gasteiger partial charge in [0.05, 0.1) is 31.3 Å². The maximum atomic E-state index is 12.6. The first kappa shape index (κ1) is 28.0. The van der Waals surface area contributed by atoms with Gasteiger partial charge in [0, 0.05) is 18.3 Å². The summed E-state index contributed by atoms with van der Waals surface area (Å²) in [5.41, 5.74) is 6.26. The number of hydrogen-bond donors (Lipinski definition) is 9. The molecular weight excluding hydrogens is 460 g/mol. The molecule has 0 radical (unpaired) electrons. The molecule has 0 bridgehead atoms. The number of H-pyrrole nitrogens is 1. The number of carboxylic acid groups (broad SMARTS) is 3. The second-order valence-electron chi connectivity index (χ2n) is 7.27. The lowest BCUT2D eigenvalue weighted by Gasteiger charge is -2.25. The Morgan fingerprint density at radius 3 is 1.97 bits per heavy atom. The molecule has 0 aliphatic heterocycles. The number of nitrogens with zero attached hydrogens (tertiary/aromatic N) is 1. The van der Waals surface area contributed by atoms with Crippen molar-refractivity contribution in [3.63, 3.8) is 0 Å². The van der Waals surface area contributed by atoms with Gasteiger partial charge in [-0.3, -0.25) is 24.0 Å². The molecule has 3 amide bonds. The van der Waals surface area contributed by atoms with Gasteiger partial charge in [-0.1, -0.05) is 0 Å². The summed E-state index contributed by atoms with van der Waals surface area (Å²) in [7, 11) is 0. The fourth-order valence-corrected chi connectivity index (χ4v) is 2.68. The fraction of sp³-hybridized carbons (Fsp3) is 0.500. The third-order valence-electron chi connectivity index (χ3n) is 4.40. The summed E-state index contributed by atoms with van der Waals surface area (Å²) < 4.78 is 0. The lowest BCUT2D eigenvalue weighted by Crippen LogP contribution is -2.60. The standard InChI is InChI=1S/C18H26N6O10/c1-7(25)14(17(32)23-11(18(33)34)4-13(28)29)24-16(31)10(3-12(26)27)22-15(30)9(19)2-8-5-20-6-21-8/h5-7,9-11,14,25H,2-4,19H2,1H3,(H,20,21)(H,22,30)(H,23,32)(H,24,31)(H,26,27)(H,28,29)(H,33,34). The molecule has 1 heterocycles. The second-order valence-corrected chi connectivity index (χ2v) is 7.27. The summed E-state index contributed by atoms with van der Waals surface area (Å²) in [5.74, 6) is -7.99. The fourth-order valence-electron chi connectivity index (χ4n) is 2.68. The van der Waals surface area contributed by atoms with Crippen LogP contribution in [-0.4, -0.2) is 96.3 Å². The van der Waals surface area contributed by atoms with Crippen molar-refractivity contribution in [2.45, 2.75) is 56.5 Å². The Morgan fingerprint density at radius 2 is 1.50 bits per heavy atom. The highest BCUT2D eigenvalue weighted by molar-refractivity contribution is 5.96. The van der Waals surface area contributed by atoms with Crippen LogP contribution in [-0.2, 0) is 35.2 Å². The Labute approximate surface area is 191 Å². The average molecular weight is 486 g/mol. The molecule has 5 unspecified atom stereocenters. The van der Waals surface area contributed by atoms with Crippen LogP contribution in [0.4, 0.5) is 0 Å². The number of hydrogen-bond acceptors (Lipinski definition) is 9. The number of carboxylic acids is 3. The smallest absolute Gasteiger partial charge is 0.326 e. The predicted molar refractivity (Wildman–Crippen MR) is 110 cm³/mol. The molecule has 0 aliphatic carbocycles. The van der Waals surface area contributed by atoms with Crippen molar-refractivity contribution >= 4 is 35.6 Å². The monoisotopic (exact) mass is 486 g/mol. The number of aliphatic carboxylic acids is 3. The van der Waals surface area contributed by atoms with Crippen molar-refractivity contribution in [2.24, 2.45) is 5.73 Å². The van der Waals surface area contributed by atoms with Crippen molar-refractivity contribution in [1.29, 1.82) is 0 Å². The van der Waals surface area contributed by atoms with Crippen molar-refractivity contribution in [2.75, 3.05) is 0 Å². The molecule has 1 rings (SSSR count). The summed E-state index contributed by atoms with van der Waals surface area (Å²) >= 11 is 0. The minimum absolute atomic E-state index is 0.00783. The SMILES string of the molecule is CC(O)C(NC(=O)C(CC(=O)O)NC(=O)C(N)Cc1cnc[nH]1)C(=O)NC(CC(=O)O)C(=O)O. The molecule has 34 heavy (non-hydrogen) atoms. The lowest BCUT2D eigenvalue weighted by atomic mass is 10.1. The van der Waals surface area contributed by atoms with E-state index in [1.807, 2.05) is 10.6 Å². The number of nitrogens with one attached hydrogen (secondary N) is 4. The van der Waals surface area contributed by atoms with Gasteiger partial charge < -0.3 is 47.1 Å². The number of amides is 3. The number of aliphatic hydroxyl groups excluding tert-OH is 1. The van der Waals surface area contributed by atoms with Crippen LogP contribution in [0.5, 0.6) is 0 Å². The zero-order valence-electron chi connectivity index (χ0n) is 17.9. The number of imidazole rings is 1. The number of aromatic amines is 1. The van der Waals surface area contributed by atoms with Gasteiger partial charge in [0.1, 0.15) is 18.1 Å². The number of nitrogens with two attached hydrogens (primary N) is 1. The maximum Gasteiger partial charge on any atom is 0.326 e. The first-order valence-electron chi connectivity index (χ1n) is 9.80. The largest absolute Gasteiger partial charge is 0.481 e. The Balaban J connectivity index is 2.92. The van der Waals surface area contributed by atoms with E-state index in [4.69, 9.17) is 21.1 Å². The molecule has 16 nitrogen and oxygen atoms in total. The van der Waals surface area contributed by atoms with Crippen LogP contribution in [0, 0.1) is 0 Å². The van der Waals surface area contributed by atoms with E-state index >= 15 is 0 Å². The van der Waals surface area contributed by atoms with Gasteiger partial charge in [-0.25, -0.2) is 9.78 Å². The predicted octanol–water partition coefficient (Wildman–Crippen LogP) is -3.85. The Kier molecular flexibility index (Phi) is 10.6. The van der Waals surface area contributed by atoms with Gasteiger partial charge in [-0.05, 0) is 6.92 Å². The molecule has 0 aromatic carbocycles. The molecule has 1 aromatic rings. The van der Waals surface area contributed by atoms with Crippen molar-refractivity contribution in [1.82, 2.24) is 25.9 Å². The van der Waals surface area contributed by atoms with Crippen LogP contribution in [0.15, 0.2) is 12.5 Å². The molecule has 0 aliphatic rings. The van der Waals surface area contributed by atoms with E-state index in [-0.39, 0.29) is 6.42 Å². The van der Waals surface area contributed by atoms with Gasteiger partial charge in [-0.15, -0.1) is 0 Å². The van der Waals surface area contributed by atoms with E-state index < -0.39 is 78.7 Å². The van der Waals surface area contributed by atoms with E-state index in [0.717, 1.165) is 6.92 Å². The zero-order chi connectivity index (χ0) is 26.0. The minimum atomic E-state index is -1.86. The Hall–Kier alpha value is -4.05. The highest BCUT2D eigenvalue weighted by atomic mass is 16.4. The topological polar surface area (TPSA) is 274 Å². The summed E-state index contributed by atoms with van der Waals surface area (Å²) in [6.45, 7) is 1.07. The quantitative estimate of drug-likeness (QED) is 0.122. The third-order valence-corrected chi connectivity index (χ3v) is 4.40. The molecule has 0 saturated heterocycles. The molecule has 1 aromatic heterocycles. The van der Waals surface area contributed by atoms with Crippen LogP contribution >= 0.6 is 0 Å². The molecule has 5 atom stereocenters. The summed E-state index contributed by atoms with van der Waals surface area (Å²) in [6, 6.07) is -6.55. The zero-order valence-corrected chi connectivity index (χ0v) is 17.9. The number of aliphatic hydroxyl groups is 1. The van der Waals surface area contributed by atoms with Gasteiger partial charge in [0.25, 0.3) is 0 Å². The van der Waals surface area contributed by atoms with Gasteiger partial charge in [-0.2, -0.15) is 0 Å². The summed E-state index contributed by atoms with van der Waals surface area (Å²) in [6.07, 6.45) is -0.728. The van der Waals surface area contributed by atoms with Crippen molar-refractivity contribution in [3.05, 3.63) is 18.2 Å². The van der Waals surface area contributed by atoms with Gasteiger partial charge in [0.15, 0.2) is 0 Å². The highest BCUT2D eigenvalue weighted by Gasteiger charge is 2.34. The van der Waals surface area contributed by atoms with Crippen LogP contribution in [0.2, 0.25) is 0 Å². The third kappa shape index (κ3) is 9.21. The first-order chi connectivity index (χ1) is 15.8. The van der Waals surface area contributed by atoms with E-state index in [0.29, 0.717) is 5.69 Å². The Bertz CT molecular complexity index is 903. The van der Waals surface area contributed by atoms with Crippen molar-refractivity contribution < 1.29 is 49.2 Å². The number of carbonyl (C=O) groups excluding carboxylic acids is 3. The van der Waals surface area contributed by atoms with Crippen LogP contribution in [0.25, 0.3) is 0 Å². The molecule has 0 spiro atoms. The van der Waals surface area contributed by atoms with Gasteiger partial charge >= 0.3 is 17.9 Å². The second kappa shape index (κ2) is 12.9. The van der Waals surface area contributed by atoms with E-state index in [2.05, 4.69) is 15.3 Å². The number of aromatic nitrogens is 2. The molecular formula is C18H26N6O10. The molecule has 0 saturated carbocycles. The van der Waals surface area contributed by atoms with Crippen molar-refractivity contribution in [3.8, 4) is 0 Å². The lowest BCUT2D eigenvalue weighted by molar-refractivity contribution is -0.148. The summed E-state index contributed by atoms with van der Waals surface area (Å²) in [5, 5.41) is 42.8. The normalized spacial score (nSPS) is 15.1. The Morgan fingerprint density at radius 1 is 0.941 bits per heavy atom. The number of carbonyl (C=O) groups is 6. The van der Waals surface area contributed by atoms with E-state index in [9.17, 15) is 33.9 Å². The summed E-state index contributed by atoms with van der Waals surface area (Å²) in [4.78, 5) is 77.0. The van der Waals surface area contributed by atoms with Crippen LogP contribution in [0.3, 0.4) is 0 Å². The molecule has 188 valence electrons. The maximum absolute atomic E-state index is 12.6. The average Bonchev–Trinajstić information content (AvgIpc) is 3.22.